The number of aryl methyl sites for hydroxylation is 1. The Balaban J connectivity index is 1.68. The molecule has 1 N–H and O–H groups in total. The standard InChI is InChI=1S/C22H28ClN3O3S/c1-3-25(21-9-5-4-8-17(21)2)15-12-22(27)24-20-16-18(10-11-19(20)23)30(28,29)26-13-6-7-14-26/h4-5,8-11,16H,3,6-7,12-15H2,1-2H3,(H,24,27). The van der Waals surface area contributed by atoms with Crippen LogP contribution in [0.3, 0.4) is 0 Å². The van der Waals surface area contributed by atoms with Gasteiger partial charge in [0.1, 0.15) is 0 Å². The van der Waals surface area contributed by atoms with Crippen molar-refractivity contribution in [1.29, 1.82) is 0 Å². The largest absolute Gasteiger partial charge is 0.371 e. The molecule has 0 unspecified atom stereocenters. The Morgan fingerprint density at radius 3 is 2.53 bits per heavy atom. The van der Waals surface area contributed by atoms with E-state index in [1.165, 1.54) is 22.5 Å². The minimum absolute atomic E-state index is 0.152. The van der Waals surface area contributed by atoms with Gasteiger partial charge in [-0.3, -0.25) is 4.79 Å². The predicted octanol–water partition coefficient (Wildman–Crippen LogP) is 4.29. The highest BCUT2D eigenvalue weighted by Gasteiger charge is 2.27. The first-order valence-corrected chi connectivity index (χ1v) is 12.0. The summed E-state index contributed by atoms with van der Waals surface area (Å²) in [6, 6.07) is 12.5. The molecule has 0 bridgehead atoms. The van der Waals surface area contributed by atoms with Crippen LogP contribution in [0.5, 0.6) is 0 Å². The van der Waals surface area contributed by atoms with E-state index in [0.29, 0.717) is 30.3 Å². The molecule has 1 aliphatic rings. The summed E-state index contributed by atoms with van der Waals surface area (Å²) in [5.74, 6) is -0.209. The second-order valence-electron chi connectivity index (χ2n) is 7.42. The second kappa shape index (κ2) is 9.81. The van der Waals surface area contributed by atoms with E-state index in [1.54, 1.807) is 0 Å². The van der Waals surface area contributed by atoms with Gasteiger partial charge in [-0.05, 0) is 56.5 Å². The van der Waals surface area contributed by atoms with Crippen molar-refractivity contribution >= 4 is 38.9 Å². The fraction of sp³-hybridized carbons (Fsp3) is 0.409. The van der Waals surface area contributed by atoms with Crippen LogP contribution in [0.2, 0.25) is 5.02 Å². The Morgan fingerprint density at radius 1 is 1.17 bits per heavy atom. The van der Waals surface area contributed by atoms with Crippen molar-refractivity contribution in [3.05, 3.63) is 53.1 Å². The Labute approximate surface area is 183 Å². The normalized spacial score (nSPS) is 14.6. The highest BCUT2D eigenvalue weighted by atomic mass is 35.5. The smallest absolute Gasteiger partial charge is 0.243 e. The molecule has 30 heavy (non-hydrogen) atoms. The number of hydrogen-bond acceptors (Lipinski definition) is 4. The fourth-order valence-electron chi connectivity index (χ4n) is 3.65. The number of amides is 1. The van der Waals surface area contributed by atoms with Crippen molar-refractivity contribution in [2.24, 2.45) is 0 Å². The summed E-state index contributed by atoms with van der Waals surface area (Å²) in [5, 5.41) is 3.09. The Morgan fingerprint density at radius 2 is 1.87 bits per heavy atom. The molecular formula is C22H28ClN3O3S. The number of nitrogens with zero attached hydrogens (tertiary/aromatic N) is 2. The lowest BCUT2D eigenvalue weighted by molar-refractivity contribution is -0.116. The molecule has 0 saturated carbocycles. The number of nitrogens with one attached hydrogen (secondary N) is 1. The third-order valence-corrected chi connectivity index (χ3v) is 7.59. The maximum atomic E-state index is 12.8. The van der Waals surface area contributed by atoms with E-state index in [-0.39, 0.29) is 17.2 Å². The summed E-state index contributed by atoms with van der Waals surface area (Å²) in [5.41, 5.74) is 2.58. The number of carbonyl (C=O) groups excluding carboxylic acids is 1. The molecule has 1 heterocycles. The van der Waals surface area contributed by atoms with Gasteiger partial charge in [-0.2, -0.15) is 4.31 Å². The van der Waals surface area contributed by atoms with E-state index in [0.717, 1.165) is 30.6 Å². The van der Waals surface area contributed by atoms with E-state index < -0.39 is 10.0 Å². The number of sulfonamides is 1. The monoisotopic (exact) mass is 449 g/mol. The molecule has 6 nitrogen and oxygen atoms in total. The van der Waals surface area contributed by atoms with Crippen LogP contribution in [-0.2, 0) is 14.8 Å². The van der Waals surface area contributed by atoms with Gasteiger partial charge in [0.2, 0.25) is 15.9 Å². The first kappa shape index (κ1) is 22.6. The van der Waals surface area contributed by atoms with E-state index >= 15 is 0 Å². The Kier molecular flexibility index (Phi) is 7.39. The predicted molar refractivity (Wildman–Crippen MR) is 122 cm³/mol. The lowest BCUT2D eigenvalue weighted by Gasteiger charge is -2.24. The molecule has 0 spiro atoms. The maximum absolute atomic E-state index is 12.8. The average molecular weight is 450 g/mol. The van der Waals surface area contributed by atoms with Crippen LogP contribution in [0.15, 0.2) is 47.4 Å². The van der Waals surface area contributed by atoms with Gasteiger partial charge in [0, 0.05) is 38.3 Å². The van der Waals surface area contributed by atoms with E-state index in [4.69, 9.17) is 11.6 Å². The molecule has 1 aliphatic heterocycles. The summed E-state index contributed by atoms with van der Waals surface area (Å²) in [7, 11) is -3.57. The zero-order valence-electron chi connectivity index (χ0n) is 17.4. The zero-order chi connectivity index (χ0) is 21.7. The number of hydrogen-bond donors (Lipinski definition) is 1. The van der Waals surface area contributed by atoms with Gasteiger partial charge in [0.25, 0.3) is 0 Å². The highest BCUT2D eigenvalue weighted by molar-refractivity contribution is 7.89. The molecule has 0 aromatic heterocycles. The average Bonchev–Trinajstić information content (AvgIpc) is 3.27. The topological polar surface area (TPSA) is 69.7 Å². The molecule has 162 valence electrons. The van der Waals surface area contributed by atoms with Gasteiger partial charge >= 0.3 is 0 Å². The van der Waals surface area contributed by atoms with Crippen LogP contribution in [0.1, 0.15) is 31.7 Å². The molecular weight excluding hydrogens is 422 g/mol. The number of anilines is 2. The van der Waals surface area contributed by atoms with Gasteiger partial charge in [-0.1, -0.05) is 29.8 Å². The number of halogens is 1. The fourth-order valence-corrected chi connectivity index (χ4v) is 5.36. The third-order valence-electron chi connectivity index (χ3n) is 5.36. The van der Waals surface area contributed by atoms with Crippen molar-refractivity contribution in [2.45, 2.75) is 38.0 Å². The van der Waals surface area contributed by atoms with Crippen LogP contribution >= 0.6 is 11.6 Å². The minimum atomic E-state index is -3.57. The summed E-state index contributed by atoms with van der Waals surface area (Å²) >= 11 is 6.22. The summed E-state index contributed by atoms with van der Waals surface area (Å²) < 4.78 is 27.1. The SMILES string of the molecule is CCN(CCC(=O)Nc1cc(S(=O)(=O)N2CCCC2)ccc1Cl)c1ccccc1C. The summed E-state index contributed by atoms with van der Waals surface area (Å²) in [6.07, 6.45) is 2.00. The van der Waals surface area contributed by atoms with Crippen LogP contribution in [0.25, 0.3) is 0 Å². The molecule has 2 aromatic rings. The van der Waals surface area contributed by atoms with Crippen LogP contribution in [0, 0.1) is 6.92 Å². The molecule has 1 amide bonds. The van der Waals surface area contributed by atoms with Crippen molar-refractivity contribution in [1.82, 2.24) is 4.31 Å². The van der Waals surface area contributed by atoms with Crippen molar-refractivity contribution in [3.8, 4) is 0 Å². The van der Waals surface area contributed by atoms with Gasteiger partial charge in [-0.15, -0.1) is 0 Å². The lowest BCUT2D eigenvalue weighted by atomic mass is 10.1. The van der Waals surface area contributed by atoms with Crippen LogP contribution in [-0.4, -0.2) is 44.8 Å². The number of benzene rings is 2. The first-order valence-electron chi connectivity index (χ1n) is 10.2. The molecule has 0 aliphatic carbocycles. The Bertz CT molecular complexity index is 1000. The molecule has 0 radical (unpaired) electrons. The van der Waals surface area contributed by atoms with Crippen LogP contribution < -0.4 is 10.2 Å². The van der Waals surface area contributed by atoms with Crippen molar-refractivity contribution in [2.75, 3.05) is 36.4 Å². The summed E-state index contributed by atoms with van der Waals surface area (Å²) in [6.45, 7) is 6.48. The van der Waals surface area contributed by atoms with Crippen molar-refractivity contribution in [3.63, 3.8) is 0 Å². The van der Waals surface area contributed by atoms with E-state index in [2.05, 4.69) is 10.2 Å². The molecule has 1 fully saturated rings. The molecule has 0 atom stereocenters. The quantitative estimate of drug-likeness (QED) is 0.652. The molecule has 8 heteroatoms. The third kappa shape index (κ3) is 5.14. The van der Waals surface area contributed by atoms with Gasteiger partial charge in [-0.25, -0.2) is 8.42 Å². The maximum Gasteiger partial charge on any atom is 0.243 e. The number of para-hydroxylation sites is 1. The lowest BCUT2D eigenvalue weighted by Crippen LogP contribution is -2.29. The molecule has 1 saturated heterocycles. The number of carbonyl (C=O) groups is 1. The highest BCUT2D eigenvalue weighted by Crippen LogP contribution is 2.28. The van der Waals surface area contributed by atoms with E-state index in [9.17, 15) is 13.2 Å². The second-order valence-corrected chi connectivity index (χ2v) is 9.76. The zero-order valence-corrected chi connectivity index (χ0v) is 19.0. The summed E-state index contributed by atoms with van der Waals surface area (Å²) in [4.78, 5) is 14.9. The Hall–Kier alpha value is -2.09. The number of rotatable bonds is 8. The van der Waals surface area contributed by atoms with E-state index in [1.807, 2.05) is 38.1 Å². The van der Waals surface area contributed by atoms with Crippen molar-refractivity contribution < 1.29 is 13.2 Å². The van der Waals surface area contributed by atoms with Gasteiger partial charge in [0.15, 0.2) is 0 Å². The molecule has 2 aromatic carbocycles. The van der Waals surface area contributed by atoms with Gasteiger partial charge < -0.3 is 10.2 Å². The van der Waals surface area contributed by atoms with Crippen LogP contribution in [0.4, 0.5) is 11.4 Å². The minimum Gasteiger partial charge on any atom is -0.371 e. The first-order chi connectivity index (χ1) is 14.3. The van der Waals surface area contributed by atoms with Gasteiger partial charge in [0.05, 0.1) is 15.6 Å². The molecule has 3 rings (SSSR count).